The molecule has 0 saturated heterocycles. The Morgan fingerprint density at radius 1 is 1.00 bits per heavy atom. The Balaban J connectivity index is 2.13. The molecule has 1 aromatic heterocycles. The average Bonchev–Trinajstić information content (AvgIpc) is 2.89. The van der Waals surface area contributed by atoms with Crippen LogP contribution < -0.4 is 0 Å². The van der Waals surface area contributed by atoms with E-state index in [9.17, 15) is 0 Å². The van der Waals surface area contributed by atoms with Crippen LogP contribution in [0.25, 0.3) is 26.6 Å². The fourth-order valence-corrected chi connectivity index (χ4v) is 3.34. The van der Waals surface area contributed by atoms with Crippen molar-refractivity contribution in [2.75, 3.05) is 0 Å². The van der Waals surface area contributed by atoms with Crippen LogP contribution in [0.4, 0.5) is 0 Å². The molecule has 0 saturated carbocycles. The monoisotopic (exact) mass is 264 g/mol. The van der Waals surface area contributed by atoms with Gasteiger partial charge in [-0.1, -0.05) is 61.5 Å². The number of benzene rings is 2. The van der Waals surface area contributed by atoms with Crippen LogP contribution in [0.1, 0.15) is 18.9 Å². The van der Waals surface area contributed by atoms with E-state index in [-0.39, 0.29) is 0 Å². The van der Waals surface area contributed by atoms with E-state index in [4.69, 9.17) is 0 Å². The predicted molar refractivity (Wildman–Crippen MR) is 86.6 cm³/mol. The van der Waals surface area contributed by atoms with Crippen molar-refractivity contribution >= 4 is 27.5 Å². The molecule has 0 unspecified atom stereocenters. The SMILES string of the molecule is CC/C=C/c1ccccc1-c1cc2ccccc2s1. The molecule has 0 fully saturated rings. The summed E-state index contributed by atoms with van der Waals surface area (Å²) in [4.78, 5) is 1.34. The normalized spacial score (nSPS) is 11.4. The average molecular weight is 264 g/mol. The Hall–Kier alpha value is -1.86. The Kier molecular flexibility index (Phi) is 3.47. The van der Waals surface area contributed by atoms with Crippen molar-refractivity contribution in [3.63, 3.8) is 0 Å². The molecule has 0 spiro atoms. The maximum atomic E-state index is 2.29. The molecule has 1 heteroatoms. The van der Waals surface area contributed by atoms with Crippen molar-refractivity contribution < 1.29 is 0 Å². The molecule has 0 aliphatic heterocycles. The Labute approximate surface area is 118 Å². The molecular weight excluding hydrogens is 248 g/mol. The number of thiophene rings is 1. The highest BCUT2D eigenvalue weighted by atomic mass is 32.1. The van der Waals surface area contributed by atoms with Crippen LogP contribution in [0.3, 0.4) is 0 Å². The summed E-state index contributed by atoms with van der Waals surface area (Å²) in [5, 5.41) is 1.33. The molecule has 0 aliphatic rings. The minimum Gasteiger partial charge on any atom is -0.135 e. The van der Waals surface area contributed by atoms with Crippen molar-refractivity contribution in [1.29, 1.82) is 0 Å². The lowest BCUT2D eigenvalue weighted by Gasteiger charge is -2.02. The molecule has 0 amide bonds. The van der Waals surface area contributed by atoms with Crippen molar-refractivity contribution in [1.82, 2.24) is 0 Å². The van der Waals surface area contributed by atoms with Crippen LogP contribution in [-0.2, 0) is 0 Å². The number of rotatable bonds is 3. The first-order chi connectivity index (χ1) is 9.38. The first kappa shape index (κ1) is 12.2. The molecule has 0 atom stereocenters. The number of allylic oxidation sites excluding steroid dienone is 1. The zero-order valence-electron chi connectivity index (χ0n) is 11.0. The molecule has 0 nitrogen and oxygen atoms in total. The lowest BCUT2D eigenvalue weighted by Crippen LogP contribution is -1.78. The van der Waals surface area contributed by atoms with E-state index in [1.54, 1.807) is 0 Å². The van der Waals surface area contributed by atoms with Gasteiger partial charge < -0.3 is 0 Å². The summed E-state index contributed by atoms with van der Waals surface area (Å²) < 4.78 is 1.35. The van der Waals surface area contributed by atoms with Gasteiger partial charge in [-0.25, -0.2) is 0 Å². The Bertz CT molecular complexity index is 686. The lowest BCUT2D eigenvalue weighted by molar-refractivity contribution is 1.23. The number of hydrogen-bond donors (Lipinski definition) is 0. The summed E-state index contributed by atoms with van der Waals surface area (Å²) in [7, 11) is 0. The number of hydrogen-bond acceptors (Lipinski definition) is 1. The van der Waals surface area contributed by atoms with E-state index in [1.807, 2.05) is 11.3 Å². The molecule has 0 radical (unpaired) electrons. The van der Waals surface area contributed by atoms with Gasteiger partial charge in [0.25, 0.3) is 0 Å². The van der Waals surface area contributed by atoms with Gasteiger partial charge in [-0.15, -0.1) is 11.3 Å². The van der Waals surface area contributed by atoms with Gasteiger partial charge in [-0.3, -0.25) is 0 Å². The molecule has 1 heterocycles. The first-order valence-corrected chi connectivity index (χ1v) is 7.44. The van der Waals surface area contributed by atoms with Gasteiger partial charge in [-0.05, 0) is 35.1 Å². The highest BCUT2D eigenvalue weighted by Crippen LogP contribution is 2.35. The van der Waals surface area contributed by atoms with E-state index in [1.165, 1.54) is 26.1 Å². The number of fused-ring (bicyclic) bond motifs is 1. The minimum atomic E-state index is 1.07. The first-order valence-electron chi connectivity index (χ1n) is 6.63. The van der Waals surface area contributed by atoms with Gasteiger partial charge in [0.05, 0.1) is 0 Å². The van der Waals surface area contributed by atoms with Crippen LogP contribution in [0.5, 0.6) is 0 Å². The fourth-order valence-electron chi connectivity index (χ4n) is 2.23. The van der Waals surface area contributed by atoms with E-state index in [0.29, 0.717) is 0 Å². The van der Waals surface area contributed by atoms with Crippen LogP contribution in [0, 0.1) is 0 Å². The van der Waals surface area contributed by atoms with Crippen LogP contribution in [-0.4, -0.2) is 0 Å². The van der Waals surface area contributed by atoms with Gasteiger partial charge in [-0.2, -0.15) is 0 Å². The summed E-state index contributed by atoms with van der Waals surface area (Å²) in [6.07, 6.45) is 5.51. The zero-order valence-corrected chi connectivity index (χ0v) is 11.8. The van der Waals surface area contributed by atoms with Gasteiger partial charge in [0.2, 0.25) is 0 Å². The topological polar surface area (TPSA) is 0 Å². The van der Waals surface area contributed by atoms with E-state index in [2.05, 4.69) is 73.7 Å². The largest absolute Gasteiger partial charge is 0.135 e. The van der Waals surface area contributed by atoms with Gasteiger partial charge in [0.1, 0.15) is 0 Å². The van der Waals surface area contributed by atoms with Gasteiger partial charge in [0.15, 0.2) is 0 Å². The second-order valence-corrected chi connectivity index (χ2v) is 5.63. The minimum absolute atomic E-state index is 1.07. The maximum absolute atomic E-state index is 2.29. The van der Waals surface area contributed by atoms with E-state index < -0.39 is 0 Å². The molecule has 94 valence electrons. The smallest absolute Gasteiger partial charge is 0.0361 e. The quantitative estimate of drug-likeness (QED) is 0.545. The zero-order chi connectivity index (χ0) is 13.1. The highest BCUT2D eigenvalue weighted by Gasteiger charge is 2.06. The predicted octanol–water partition coefficient (Wildman–Crippen LogP) is 5.99. The molecular formula is C18H16S. The Morgan fingerprint density at radius 3 is 2.63 bits per heavy atom. The molecule has 3 aromatic rings. The third-order valence-electron chi connectivity index (χ3n) is 3.18. The molecule has 0 aliphatic carbocycles. The molecule has 0 bridgehead atoms. The van der Waals surface area contributed by atoms with Crippen molar-refractivity contribution in [3.8, 4) is 10.4 Å². The fraction of sp³-hybridized carbons (Fsp3) is 0.111. The van der Waals surface area contributed by atoms with Crippen LogP contribution >= 0.6 is 11.3 Å². The highest BCUT2D eigenvalue weighted by molar-refractivity contribution is 7.22. The van der Waals surface area contributed by atoms with Crippen molar-refractivity contribution in [2.45, 2.75) is 13.3 Å². The van der Waals surface area contributed by atoms with E-state index in [0.717, 1.165) is 6.42 Å². The summed E-state index contributed by atoms with van der Waals surface area (Å²) in [5.41, 5.74) is 2.63. The second-order valence-electron chi connectivity index (χ2n) is 4.55. The lowest BCUT2D eigenvalue weighted by atomic mass is 10.0. The molecule has 0 N–H and O–H groups in total. The van der Waals surface area contributed by atoms with E-state index >= 15 is 0 Å². The van der Waals surface area contributed by atoms with Gasteiger partial charge >= 0.3 is 0 Å². The third-order valence-corrected chi connectivity index (χ3v) is 4.33. The summed E-state index contributed by atoms with van der Waals surface area (Å²) in [6.45, 7) is 2.17. The second kappa shape index (κ2) is 5.41. The summed E-state index contributed by atoms with van der Waals surface area (Å²) >= 11 is 1.86. The summed E-state index contributed by atoms with van der Waals surface area (Å²) in [5.74, 6) is 0. The van der Waals surface area contributed by atoms with Crippen molar-refractivity contribution in [3.05, 3.63) is 66.2 Å². The third kappa shape index (κ3) is 2.47. The molecule has 2 aromatic carbocycles. The standard InChI is InChI=1S/C18H16S/c1-2-3-8-14-9-4-6-11-16(14)18-13-15-10-5-7-12-17(15)19-18/h3-13H,2H2,1H3/b8-3+. The molecule has 3 rings (SSSR count). The van der Waals surface area contributed by atoms with Crippen molar-refractivity contribution in [2.24, 2.45) is 0 Å². The Morgan fingerprint density at radius 2 is 1.79 bits per heavy atom. The van der Waals surface area contributed by atoms with Crippen LogP contribution in [0.15, 0.2) is 60.7 Å². The van der Waals surface area contributed by atoms with Gasteiger partial charge in [0, 0.05) is 9.58 Å². The maximum Gasteiger partial charge on any atom is 0.0361 e. The summed E-state index contributed by atoms with van der Waals surface area (Å²) in [6, 6.07) is 19.5. The molecule has 19 heavy (non-hydrogen) atoms. The van der Waals surface area contributed by atoms with Crippen LogP contribution in [0.2, 0.25) is 0 Å².